The highest BCUT2D eigenvalue weighted by atomic mass is 16.5. The maximum absolute atomic E-state index is 12.1. The second kappa shape index (κ2) is 5.89. The normalized spacial score (nSPS) is 29.4. The van der Waals surface area contributed by atoms with Crippen LogP contribution in [0.15, 0.2) is 0 Å². The van der Waals surface area contributed by atoms with Gasteiger partial charge in [-0.1, -0.05) is 13.8 Å². The average Bonchev–Trinajstić information content (AvgIpc) is 2.58. The molecule has 2 atom stereocenters. The number of morpholine rings is 1. The van der Waals surface area contributed by atoms with Gasteiger partial charge in [-0.05, 0) is 12.3 Å². The van der Waals surface area contributed by atoms with E-state index in [0.717, 1.165) is 32.7 Å². The van der Waals surface area contributed by atoms with E-state index < -0.39 is 0 Å². The molecule has 0 spiro atoms. The van der Waals surface area contributed by atoms with Gasteiger partial charge in [0.15, 0.2) is 0 Å². The topological polar surface area (TPSA) is 44.8 Å². The van der Waals surface area contributed by atoms with Gasteiger partial charge >= 0.3 is 6.03 Å². The summed E-state index contributed by atoms with van der Waals surface area (Å²) in [6.07, 6.45) is 1.22. The van der Waals surface area contributed by atoms with Crippen LogP contribution in [0.3, 0.4) is 0 Å². The van der Waals surface area contributed by atoms with Crippen molar-refractivity contribution < 1.29 is 9.53 Å². The monoisotopic (exact) mass is 255 g/mol. The molecule has 104 valence electrons. The molecule has 2 fully saturated rings. The summed E-state index contributed by atoms with van der Waals surface area (Å²) in [5, 5.41) is 3.30. The zero-order valence-corrected chi connectivity index (χ0v) is 11.7. The number of nitrogens with one attached hydrogen (secondary N) is 1. The predicted molar refractivity (Wildman–Crippen MR) is 70.6 cm³/mol. The summed E-state index contributed by atoms with van der Waals surface area (Å²) in [6.45, 7) is 8.48. The van der Waals surface area contributed by atoms with Crippen LogP contribution in [0.1, 0.15) is 20.3 Å². The van der Waals surface area contributed by atoms with E-state index in [1.807, 2.05) is 16.8 Å². The number of rotatable bonds is 4. The first-order valence-corrected chi connectivity index (χ1v) is 6.92. The molecule has 1 N–H and O–H groups in total. The first kappa shape index (κ1) is 13.6. The molecule has 5 heteroatoms. The van der Waals surface area contributed by atoms with Gasteiger partial charge in [0.2, 0.25) is 0 Å². The summed E-state index contributed by atoms with van der Waals surface area (Å²) in [5.74, 6) is 0.623. The lowest BCUT2D eigenvalue weighted by Gasteiger charge is -2.27. The van der Waals surface area contributed by atoms with E-state index in [2.05, 4.69) is 19.2 Å². The van der Waals surface area contributed by atoms with Crippen molar-refractivity contribution in [3.8, 4) is 0 Å². The molecule has 0 bridgehead atoms. The second-order valence-electron chi connectivity index (χ2n) is 5.78. The SMILES string of the molecule is CC(C)CC1CN(CC2CNCCO2)C(=O)N1C. The third-order valence-corrected chi connectivity index (χ3v) is 3.72. The predicted octanol–water partition coefficient (Wildman–Crippen LogP) is 0.757. The van der Waals surface area contributed by atoms with Crippen LogP contribution in [0.2, 0.25) is 0 Å². The van der Waals surface area contributed by atoms with Gasteiger partial charge in [0.25, 0.3) is 0 Å². The van der Waals surface area contributed by atoms with Crippen LogP contribution in [-0.2, 0) is 4.74 Å². The van der Waals surface area contributed by atoms with E-state index in [9.17, 15) is 4.79 Å². The molecule has 0 aromatic carbocycles. The number of urea groups is 1. The smallest absolute Gasteiger partial charge is 0.320 e. The molecular formula is C13H25N3O2. The van der Waals surface area contributed by atoms with E-state index >= 15 is 0 Å². The molecule has 2 saturated heterocycles. The van der Waals surface area contributed by atoms with Gasteiger partial charge in [-0.3, -0.25) is 0 Å². The Kier molecular flexibility index (Phi) is 4.45. The van der Waals surface area contributed by atoms with Crippen molar-refractivity contribution in [2.24, 2.45) is 5.92 Å². The van der Waals surface area contributed by atoms with E-state index in [0.29, 0.717) is 18.5 Å². The minimum absolute atomic E-state index is 0.147. The van der Waals surface area contributed by atoms with Crippen LogP contribution >= 0.6 is 0 Å². The highest BCUT2D eigenvalue weighted by molar-refractivity contribution is 5.76. The maximum atomic E-state index is 12.1. The number of ether oxygens (including phenoxy) is 1. The van der Waals surface area contributed by atoms with Gasteiger partial charge in [0.1, 0.15) is 0 Å². The summed E-state index contributed by atoms with van der Waals surface area (Å²) < 4.78 is 5.66. The van der Waals surface area contributed by atoms with Crippen molar-refractivity contribution in [3.05, 3.63) is 0 Å². The summed E-state index contributed by atoms with van der Waals surface area (Å²) in [4.78, 5) is 16.0. The lowest BCUT2D eigenvalue weighted by atomic mass is 10.0. The van der Waals surface area contributed by atoms with Crippen LogP contribution in [0, 0.1) is 5.92 Å². The Labute approximate surface area is 109 Å². The molecule has 2 unspecified atom stereocenters. The molecule has 0 saturated carbocycles. The third kappa shape index (κ3) is 3.14. The Hall–Kier alpha value is -0.810. The van der Waals surface area contributed by atoms with Crippen molar-refractivity contribution in [1.29, 1.82) is 0 Å². The molecule has 2 heterocycles. The summed E-state index contributed by atoms with van der Waals surface area (Å²) in [6, 6.07) is 0.504. The first-order chi connectivity index (χ1) is 8.58. The summed E-state index contributed by atoms with van der Waals surface area (Å²) >= 11 is 0. The van der Waals surface area contributed by atoms with E-state index in [4.69, 9.17) is 4.74 Å². The number of hydrogen-bond acceptors (Lipinski definition) is 3. The van der Waals surface area contributed by atoms with Gasteiger partial charge < -0.3 is 19.9 Å². The lowest BCUT2D eigenvalue weighted by molar-refractivity contribution is 0.0143. The second-order valence-corrected chi connectivity index (χ2v) is 5.78. The third-order valence-electron chi connectivity index (χ3n) is 3.72. The van der Waals surface area contributed by atoms with Crippen LogP contribution in [-0.4, -0.2) is 67.8 Å². The minimum atomic E-state index is 0.147. The standard InChI is InChI=1S/C13H25N3O2/c1-10(2)6-11-8-16(13(17)15(11)3)9-12-7-14-4-5-18-12/h10-12,14H,4-9H2,1-3H3. The van der Waals surface area contributed by atoms with Crippen LogP contribution in [0.4, 0.5) is 4.79 Å². The molecule has 2 amide bonds. The van der Waals surface area contributed by atoms with Crippen LogP contribution in [0.5, 0.6) is 0 Å². The number of amides is 2. The zero-order chi connectivity index (χ0) is 13.1. The van der Waals surface area contributed by atoms with Gasteiger partial charge in [-0.25, -0.2) is 4.79 Å². The molecule has 2 aliphatic rings. The van der Waals surface area contributed by atoms with Crippen LogP contribution in [0.25, 0.3) is 0 Å². The number of hydrogen-bond donors (Lipinski definition) is 1. The fourth-order valence-corrected chi connectivity index (χ4v) is 2.75. The number of carbonyl (C=O) groups is 1. The fraction of sp³-hybridized carbons (Fsp3) is 0.923. The van der Waals surface area contributed by atoms with Gasteiger partial charge in [-0.15, -0.1) is 0 Å². The number of likely N-dealkylation sites (N-methyl/N-ethyl adjacent to an activating group) is 1. The maximum Gasteiger partial charge on any atom is 0.320 e. The largest absolute Gasteiger partial charge is 0.374 e. The average molecular weight is 255 g/mol. The Balaban J connectivity index is 1.87. The molecule has 5 nitrogen and oxygen atoms in total. The highest BCUT2D eigenvalue weighted by Gasteiger charge is 2.36. The lowest BCUT2D eigenvalue weighted by Crippen LogP contribution is -2.46. The summed E-state index contributed by atoms with van der Waals surface area (Å²) in [7, 11) is 1.91. The molecule has 0 aliphatic carbocycles. The van der Waals surface area contributed by atoms with E-state index in [1.165, 1.54) is 0 Å². The Bertz CT molecular complexity index is 290. The molecule has 0 aromatic heterocycles. The van der Waals surface area contributed by atoms with Gasteiger partial charge in [-0.2, -0.15) is 0 Å². The van der Waals surface area contributed by atoms with Crippen molar-refractivity contribution >= 4 is 6.03 Å². The van der Waals surface area contributed by atoms with Crippen molar-refractivity contribution in [2.75, 3.05) is 39.8 Å². The highest BCUT2D eigenvalue weighted by Crippen LogP contribution is 2.20. The summed E-state index contributed by atoms with van der Waals surface area (Å²) in [5.41, 5.74) is 0. The Morgan fingerprint density at radius 1 is 1.50 bits per heavy atom. The molecule has 0 aromatic rings. The van der Waals surface area contributed by atoms with E-state index in [1.54, 1.807) is 0 Å². The van der Waals surface area contributed by atoms with Gasteiger partial charge in [0, 0.05) is 33.2 Å². The quantitative estimate of drug-likeness (QED) is 0.806. The number of nitrogens with zero attached hydrogens (tertiary/aromatic N) is 2. The van der Waals surface area contributed by atoms with Crippen molar-refractivity contribution in [2.45, 2.75) is 32.4 Å². The molecule has 2 rings (SSSR count). The van der Waals surface area contributed by atoms with Crippen LogP contribution < -0.4 is 5.32 Å². The molecule has 2 aliphatic heterocycles. The fourth-order valence-electron chi connectivity index (χ4n) is 2.75. The Morgan fingerprint density at radius 2 is 2.28 bits per heavy atom. The van der Waals surface area contributed by atoms with Crippen molar-refractivity contribution in [3.63, 3.8) is 0 Å². The van der Waals surface area contributed by atoms with E-state index in [-0.39, 0.29) is 12.1 Å². The zero-order valence-electron chi connectivity index (χ0n) is 11.7. The molecule has 0 radical (unpaired) electrons. The van der Waals surface area contributed by atoms with Crippen molar-refractivity contribution in [1.82, 2.24) is 15.1 Å². The number of carbonyl (C=O) groups excluding carboxylic acids is 1. The molecular weight excluding hydrogens is 230 g/mol. The Morgan fingerprint density at radius 3 is 2.89 bits per heavy atom. The first-order valence-electron chi connectivity index (χ1n) is 6.92. The molecule has 18 heavy (non-hydrogen) atoms. The van der Waals surface area contributed by atoms with Gasteiger partial charge in [0.05, 0.1) is 18.8 Å². The minimum Gasteiger partial charge on any atom is -0.374 e.